The van der Waals surface area contributed by atoms with E-state index in [0.29, 0.717) is 0 Å². The Bertz CT molecular complexity index is 1050. The molecule has 1 heteroatoms. The molecule has 3 aromatic carbocycles. The number of aromatic nitrogens is 1. The molecule has 0 amide bonds. The molecule has 0 aliphatic heterocycles. The molecule has 0 fully saturated rings. The second kappa shape index (κ2) is 7.84. The molecule has 0 spiro atoms. The summed E-state index contributed by atoms with van der Waals surface area (Å²) in [6, 6.07) is 31.6. The summed E-state index contributed by atoms with van der Waals surface area (Å²) in [5.74, 6) is 0. The molecular formula is C26H21N. The molecule has 0 aliphatic carbocycles. The second-order valence-electron chi connectivity index (χ2n) is 6.63. The Morgan fingerprint density at radius 3 is 2.15 bits per heavy atom. The van der Waals surface area contributed by atoms with Crippen LogP contribution in [0.15, 0.2) is 97.2 Å². The van der Waals surface area contributed by atoms with Gasteiger partial charge in [0.05, 0.1) is 5.69 Å². The standard InChI is InChI=1S/C26H21N/c1-20-10-14-24(25(19-20)26-9-5-6-18-27-26)17-13-21-11-15-23(16-12-21)22-7-3-2-4-8-22/h2-19H,1H3/b17-13+. The first-order valence-electron chi connectivity index (χ1n) is 9.15. The Labute approximate surface area is 160 Å². The van der Waals surface area contributed by atoms with E-state index in [9.17, 15) is 0 Å². The summed E-state index contributed by atoms with van der Waals surface area (Å²) >= 11 is 0. The molecule has 1 nitrogen and oxygen atoms in total. The van der Waals surface area contributed by atoms with Gasteiger partial charge >= 0.3 is 0 Å². The summed E-state index contributed by atoms with van der Waals surface area (Å²) in [7, 11) is 0. The van der Waals surface area contributed by atoms with Gasteiger partial charge in [-0.1, -0.05) is 90.5 Å². The zero-order chi connectivity index (χ0) is 18.5. The van der Waals surface area contributed by atoms with Gasteiger partial charge in [-0.2, -0.15) is 0 Å². The third kappa shape index (κ3) is 4.04. The van der Waals surface area contributed by atoms with E-state index in [1.165, 1.54) is 27.8 Å². The van der Waals surface area contributed by atoms with Crippen LogP contribution in [0.25, 0.3) is 34.5 Å². The van der Waals surface area contributed by atoms with Crippen molar-refractivity contribution in [3.63, 3.8) is 0 Å². The van der Waals surface area contributed by atoms with Crippen molar-refractivity contribution in [2.75, 3.05) is 0 Å². The van der Waals surface area contributed by atoms with Crippen molar-refractivity contribution in [1.29, 1.82) is 0 Å². The maximum Gasteiger partial charge on any atom is 0.0708 e. The smallest absolute Gasteiger partial charge is 0.0708 e. The normalized spacial score (nSPS) is 11.0. The van der Waals surface area contributed by atoms with Gasteiger partial charge < -0.3 is 0 Å². The lowest BCUT2D eigenvalue weighted by molar-refractivity contribution is 1.31. The summed E-state index contributed by atoms with van der Waals surface area (Å²) in [4.78, 5) is 4.52. The molecule has 4 rings (SSSR count). The van der Waals surface area contributed by atoms with Crippen LogP contribution in [0.5, 0.6) is 0 Å². The number of hydrogen-bond donors (Lipinski definition) is 0. The van der Waals surface area contributed by atoms with Gasteiger partial charge in [-0.05, 0) is 47.4 Å². The molecule has 0 unspecified atom stereocenters. The van der Waals surface area contributed by atoms with E-state index in [2.05, 4.69) is 96.9 Å². The SMILES string of the molecule is Cc1ccc(/C=C/c2ccc(-c3ccccc3)cc2)c(-c2ccccn2)c1. The fraction of sp³-hybridized carbons (Fsp3) is 0.0385. The lowest BCUT2D eigenvalue weighted by Crippen LogP contribution is -1.87. The highest BCUT2D eigenvalue weighted by Crippen LogP contribution is 2.25. The van der Waals surface area contributed by atoms with Gasteiger partial charge in [0.2, 0.25) is 0 Å². The topological polar surface area (TPSA) is 12.9 Å². The van der Waals surface area contributed by atoms with Gasteiger partial charge in [0.25, 0.3) is 0 Å². The van der Waals surface area contributed by atoms with Crippen LogP contribution >= 0.6 is 0 Å². The number of aryl methyl sites for hydroxylation is 1. The molecule has 0 saturated carbocycles. The lowest BCUT2D eigenvalue weighted by atomic mass is 9.99. The van der Waals surface area contributed by atoms with Gasteiger partial charge in [0.15, 0.2) is 0 Å². The lowest BCUT2D eigenvalue weighted by Gasteiger charge is -2.07. The Hall–Kier alpha value is -3.45. The molecule has 0 N–H and O–H groups in total. The summed E-state index contributed by atoms with van der Waals surface area (Å²) in [6.45, 7) is 2.11. The molecule has 0 atom stereocenters. The second-order valence-corrected chi connectivity index (χ2v) is 6.63. The predicted octanol–water partition coefficient (Wildman–Crippen LogP) is 6.89. The molecule has 130 valence electrons. The van der Waals surface area contributed by atoms with Crippen LogP contribution < -0.4 is 0 Å². The van der Waals surface area contributed by atoms with E-state index in [1.54, 1.807) is 0 Å². The van der Waals surface area contributed by atoms with Crippen LogP contribution in [-0.2, 0) is 0 Å². The minimum Gasteiger partial charge on any atom is -0.256 e. The van der Waals surface area contributed by atoms with Crippen molar-refractivity contribution in [3.8, 4) is 22.4 Å². The third-order valence-corrected chi connectivity index (χ3v) is 4.62. The highest BCUT2D eigenvalue weighted by atomic mass is 14.7. The fourth-order valence-electron chi connectivity index (χ4n) is 3.16. The van der Waals surface area contributed by atoms with Gasteiger partial charge in [-0.3, -0.25) is 4.98 Å². The van der Waals surface area contributed by atoms with Crippen molar-refractivity contribution >= 4 is 12.2 Å². The summed E-state index contributed by atoms with van der Waals surface area (Å²) < 4.78 is 0. The van der Waals surface area contributed by atoms with Crippen molar-refractivity contribution in [2.24, 2.45) is 0 Å². The number of hydrogen-bond acceptors (Lipinski definition) is 1. The molecule has 0 saturated heterocycles. The van der Waals surface area contributed by atoms with E-state index >= 15 is 0 Å². The average molecular weight is 347 g/mol. The van der Waals surface area contributed by atoms with Gasteiger partial charge in [-0.25, -0.2) is 0 Å². The van der Waals surface area contributed by atoms with Gasteiger partial charge in [-0.15, -0.1) is 0 Å². The van der Waals surface area contributed by atoms with E-state index in [1.807, 2.05) is 24.4 Å². The van der Waals surface area contributed by atoms with E-state index in [4.69, 9.17) is 0 Å². The summed E-state index contributed by atoms with van der Waals surface area (Å²) in [6.07, 6.45) is 6.17. The van der Waals surface area contributed by atoms with Crippen molar-refractivity contribution in [3.05, 3.63) is 114 Å². The first kappa shape index (κ1) is 17.0. The van der Waals surface area contributed by atoms with Crippen LogP contribution in [0.4, 0.5) is 0 Å². The molecule has 4 aromatic rings. The first-order chi connectivity index (χ1) is 13.3. The van der Waals surface area contributed by atoms with Crippen LogP contribution in [0.2, 0.25) is 0 Å². The average Bonchev–Trinajstić information content (AvgIpc) is 2.74. The third-order valence-electron chi connectivity index (χ3n) is 4.62. The Morgan fingerprint density at radius 1 is 0.667 bits per heavy atom. The van der Waals surface area contributed by atoms with Gasteiger partial charge in [0.1, 0.15) is 0 Å². The van der Waals surface area contributed by atoms with Crippen LogP contribution in [0.3, 0.4) is 0 Å². The minimum atomic E-state index is 1.00. The number of benzene rings is 3. The highest BCUT2D eigenvalue weighted by Gasteiger charge is 2.04. The van der Waals surface area contributed by atoms with Crippen LogP contribution in [-0.4, -0.2) is 4.98 Å². The highest BCUT2D eigenvalue weighted by molar-refractivity contribution is 5.80. The number of rotatable bonds is 4. The number of pyridine rings is 1. The van der Waals surface area contributed by atoms with Crippen molar-refractivity contribution in [2.45, 2.75) is 6.92 Å². The predicted molar refractivity (Wildman–Crippen MR) is 115 cm³/mol. The monoisotopic (exact) mass is 347 g/mol. The van der Waals surface area contributed by atoms with Crippen molar-refractivity contribution < 1.29 is 0 Å². The van der Waals surface area contributed by atoms with E-state index in [-0.39, 0.29) is 0 Å². The molecule has 27 heavy (non-hydrogen) atoms. The number of nitrogens with zero attached hydrogens (tertiary/aromatic N) is 1. The minimum absolute atomic E-state index is 1.00. The molecule has 1 aromatic heterocycles. The zero-order valence-corrected chi connectivity index (χ0v) is 15.3. The molecular weight excluding hydrogens is 326 g/mol. The quantitative estimate of drug-likeness (QED) is 0.366. The largest absolute Gasteiger partial charge is 0.256 e. The van der Waals surface area contributed by atoms with Gasteiger partial charge in [0, 0.05) is 11.8 Å². The van der Waals surface area contributed by atoms with Crippen molar-refractivity contribution in [1.82, 2.24) is 4.98 Å². The summed E-state index contributed by atoms with van der Waals surface area (Å²) in [5, 5.41) is 0. The fourth-order valence-corrected chi connectivity index (χ4v) is 3.16. The maximum atomic E-state index is 4.52. The molecule has 0 radical (unpaired) electrons. The van der Waals surface area contributed by atoms with Crippen LogP contribution in [0.1, 0.15) is 16.7 Å². The zero-order valence-electron chi connectivity index (χ0n) is 15.3. The molecule has 0 aliphatic rings. The maximum absolute atomic E-state index is 4.52. The van der Waals surface area contributed by atoms with E-state index < -0.39 is 0 Å². The van der Waals surface area contributed by atoms with Crippen LogP contribution in [0, 0.1) is 6.92 Å². The Kier molecular flexibility index (Phi) is 4.93. The Balaban J connectivity index is 1.62. The Morgan fingerprint density at radius 2 is 1.41 bits per heavy atom. The van der Waals surface area contributed by atoms with E-state index in [0.717, 1.165) is 11.3 Å². The molecule has 0 bridgehead atoms. The summed E-state index contributed by atoms with van der Waals surface area (Å²) in [5.41, 5.74) is 8.22. The first-order valence-corrected chi connectivity index (χ1v) is 9.15. The molecule has 1 heterocycles.